The predicted molar refractivity (Wildman–Crippen MR) is 79.6 cm³/mol. The zero-order valence-electron chi connectivity index (χ0n) is 11.0. The Labute approximate surface area is 121 Å². The summed E-state index contributed by atoms with van der Waals surface area (Å²) in [4.78, 5) is 4.47. The van der Waals surface area contributed by atoms with Crippen LogP contribution >= 0.6 is 15.9 Å². The quantitative estimate of drug-likeness (QED) is 0.644. The Balaban J connectivity index is 1.94. The SMILES string of the molecule is CCNC(=NCc1cc(F)cc(Br)c1)NCC1CC1. The van der Waals surface area contributed by atoms with E-state index in [0.717, 1.165) is 35.0 Å². The summed E-state index contributed by atoms with van der Waals surface area (Å²) in [6.45, 7) is 4.30. The van der Waals surface area contributed by atoms with E-state index in [9.17, 15) is 4.39 Å². The second kappa shape index (κ2) is 6.89. The summed E-state index contributed by atoms with van der Waals surface area (Å²) in [6, 6.07) is 4.85. The van der Waals surface area contributed by atoms with Gasteiger partial charge in [-0.3, -0.25) is 0 Å². The zero-order valence-corrected chi connectivity index (χ0v) is 12.6. The van der Waals surface area contributed by atoms with Crippen molar-refractivity contribution in [3.05, 3.63) is 34.1 Å². The molecule has 0 radical (unpaired) electrons. The minimum atomic E-state index is -0.240. The number of aliphatic imine (C=N–C) groups is 1. The average molecular weight is 328 g/mol. The number of hydrogen-bond donors (Lipinski definition) is 2. The molecule has 1 aliphatic carbocycles. The first-order chi connectivity index (χ1) is 9.17. The van der Waals surface area contributed by atoms with Gasteiger partial charge in [-0.05, 0) is 49.4 Å². The zero-order chi connectivity index (χ0) is 13.7. The fraction of sp³-hybridized carbons (Fsp3) is 0.500. The normalized spacial score (nSPS) is 15.4. The lowest BCUT2D eigenvalue weighted by molar-refractivity contribution is 0.624. The van der Waals surface area contributed by atoms with Crippen LogP contribution in [-0.2, 0) is 6.54 Å². The molecular formula is C14H19BrFN3. The van der Waals surface area contributed by atoms with E-state index < -0.39 is 0 Å². The fourth-order valence-corrected chi connectivity index (χ4v) is 2.29. The third kappa shape index (κ3) is 5.19. The van der Waals surface area contributed by atoms with Crippen LogP contribution in [0.3, 0.4) is 0 Å². The molecule has 1 aliphatic rings. The Bertz CT molecular complexity index is 438. The maximum Gasteiger partial charge on any atom is 0.191 e. The summed E-state index contributed by atoms with van der Waals surface area (Å²) >= 11 is 3.29. The Morgan fingerprint density at radius 3 is 2.79 bits per heavy atom. The minimum Gasteiger partial charge on any atom is -0.357 e. The highest BCUT2D eigenvalue weighted by molar-refractivity contribution is 9.10. The smallest absolute Gasteiger partial charge is 0.191 e. The van der Waals surface area contributed by atoms with Crippen LogP contribution in [0.1, 0.15) is 25.3 Å². The molecule has 2 rings (SSSR count). The summed E-state index contributed by atoms with van der Waals surface area (Å²) in [6.07, 6.45) is 2.62. The van der Waals surface area contributed by atoms with E-state index in [0.29, 0.717) is 6.54 Å². The minimum absolute atomic E-state index is 0.240. The molecule has 0 heterocycles. The molecule has 104 valence electrons. The van der Waals surface area contributed by atoms with Gasteiger partial charge in [0.1, 0.15) is 5.82 Å². The molecule has 0 atom stereocenters. The van der Waals surface area contributed by atoms with Gasteiger partial charge in [-0.2, -0.15) is 0 Å². The van der Waals surface area contributed by atoms with Crippen LogP contribution in [0.15, 0.2) is 27.7 Å². The molecule has 0 aliphatic heterocycles. The lowest BCUT2D eigenvalue weighted by atomic mass is 10.2. The fourth-order valence-electron chi connectivity index (χ4n) is 1.78. The Morgan fingerprint density at radius 1 is 1.37 bits per heavy atom. The standard InChI is InChI=1S/C14H19BrFN3/c1-2-17-14(18-8-10-3-4-10)19-9-11-5-12(15)7-13(16)6-11/h5-7,10H,2-4,8-9H2,1H3,(H2,17,18,19). The maximum atomic E-state index is 13.3. The molecule has 5 heteroatoms. The molecule has 3 nitrogen and oxygen atoms in total. The summed E-state index contributed by atoms with van der Waals surface area (Å²) in [5.74, 6) is 1.36. The Hall–Kier alpha value is -1.10. The molecule has 0 spiro atoms. The van der Waals surface area contributed by atoms with Crippen LogP contribution in [0.25, 0.3) is 0 Å². The van der Waals surface area contributed by atoms with Crippen molar-refractivity contribution in [2.45, 2.75) is 26.3 Å². The van der Waals surface area contributed by atoms with Gasteiger partial charge in [-0.15, -0.1) is 0 Å². The number of nitrogens with zero attached hydrogens (tertiary/aromatic N) is 1. The summed E-state index contributed by atoms with van der Waals surface area (Å²) in [7, 11) is 0. The molecule has 0 amide bonds. The van der Waals surface area contributed by atoms with Gasteiger partial charge < -0.3 is 10.6 Å². The van der Waals surface area contributed by atoms with Gasteiger partial charge in [0.2, 0.25) is 0 Å². The highest BCUT2D eigenvalue weighted by Crippen LogP contribution is 2.27. The molecule has 2 N–H and O–H groups in total. The van der Waals surface area contributed by atoms with Crippen molar-refractivity contribution in [1.29, 1.82) is 0 Å². The van der Waals surface area contributed by atoms with Crippen LogP contribution in [0.2, 0.25) is 0 Å². The largest absolute Gasteiger partial charge is 0.357 e. The van der Waals surface area contributed by atoms with Crippen LogP contribution in [0.4, 0.5) is 4.39 Å². The van der Waals surface area contributed by atoms with E-state index in [2.05, 4.69) is 31.6 Å². The van der Waals surface area contributed by atoms with Gasteiger partial charge in [-0.1, -0.05) is 15.9 Å². The van der Waals surface area contributed by atoms with E-state index >= 15 is 0 Å². The van der Waals surface area contributed by atoms with Crippen molar-refractivity contribution < 1.29 is 4.39 Å². The van der Waals surface area contributed by atoms with Gasteiger partial charge in [0.05, 0.1) is 6.54 Å². The monoisotopic (exact) mass is 327 g/mol. The summed E-state index contributed by atoms with van der Waals surface area (Å²) < 4.78 is 14.0. The van der Waals surface area contributed by atoms with Crippen molar-refractivity contribution in [2.75, 3.05) is 13.1 Å². The van der Waals surface area contributed by atoms with Gasteiger partial charge >= 0.3 is 0 Å². The number of halogens is 2. The van der Waals surface area contributed by atoms with Crippen molar-refractivity contribution in [3.8, 4) is 0 Å². The molecule has 0 saturated heterocycles. The van der Waals surface area contributed by atoms with Crippen molar-refractivity contribution >= 4 is 21.9 Å². The van der Waals surface area contributed by atoms with E-state index in [-0.39, 0.29) is 5.82 Å². The first-order valence-electron chi connectivity index (χ1n) is 6.64. The topological polar surface area (TPSA) is 36.4 Å². The summed E-state index contributed by atoms with van der Waals surface area (Å²) in [5, 5.41) is 6.51. The molecule has 1 aromatic carbocycles. The van der Waals surface area contributed by atoms with Crippen LogP contribution in [0, 0.1) is 11.7 Å². The third-order valence-corrected chi connectivity index (χ3v) is 3.40. The molecule has 19 heavy (non-hydrogen) atoms. The third-order valence-electron chi connectivity index (χ3n) is 2.94. The Kier molecular flexibility index (Phi) is 5.19. The number of hydrogen-bond acceptors (Lipinski definition) is 1. The van der Waals surface area contributed by atoms with Gasteiger partial charge in [0.25, 0.3) is 0 Å². The van der Waals surface area contributed by atoms with E-state index in [1.165, 1.54) is 25.0 Å². The molecule has 1 saturated carbocycles. The first-order valence-corrected chi connectivity index (χ1v) is 7.44. The van der Waals surface area contributed by atoms with Gasteiger partial charge in [0, 0.05) is 17.6 Å². The van der Waals surface area contributed by atoms with Crippen LogP contribution in [-0.4, -0.2) is 19.0 Å². The molecule has 1 fully saturated rings. The highest BCUT2D eigenvalue weighted by Gasteiger charge is 2.20. The van der Waals surface area contributed by atoms with Crippen molar-refractivity contribution in [1.82, 2.24) is 10.6 Å². The number of benzene rings is 1. The van der Waals surface area contributed by atoms with Crippen molar-refractivity contribution in [2.24, 2.45) is 10.9 Å². The highest BCUT2D eigenvalue weighted by atomic mass is 79.9. The van der Waals surface area contributed by atoms with E-state index in [4.69, 9.17) is 0 Å². The maximum absolute atomic E-state index is 13.3. The van der Waals surface area contributed by atoms with Gasteiger partial charge in [0.15, 0.2) is 5.96 Å². The lowest BCUT2D eigenvalue weighted by Gasteiger charge is -2.10. The second-order valence-corrected chi connectivity index (χ2v) is 5.71. The molecule has 1 aromatic rings. The number of guanidine groups is 1. The molecule has 0 bridgehead atoms. The van der Waals surface area contributed by atoms with E-state index in [1.807, 2.05) is 13.0 Å². The Morgan fingerprint density at radius 2 is 2.16 bits per heavy atom. The number of nitrogens with one attached hydrogen (secondary N) is 2. The predicted octanol–water partition coefficient (Wildman–Crippen LogP) is 3.05. The van der Waals surface area contributed by atoms with Gasteiger partial charge in [-0.25, -0.2) is 9.38 Å². The molecular weight excluding hydrogens is 309 g/mol. The lowest BCUT2D eigenvalue weighted by Crippen LogP contribution is -2.38. The number of rotatable bonds is 5. The average Bonchev–Trinajstić information content (AvgIpc) is 3.15. The van der Waals surface area contributed by atoms with Crippen LogP contribution < -0.4 is 10.6 Å². The van der Waals surface area contributed by atoms with Crippen molar-refractivity contribution in [3.63, 3.8) is 0 Å². The first kappa shape index (κ1) is 14.3. The molecule has 0 unspecified atom stereocenters. The van der Waals surface area contributed by atoms with E-state index in [1.54, 1.807) is 0 Å². The molecule has 0 aromatic heterocycles. The summed E-state index contributed by atoms with van der Waals surface area (Å²) in [5.41, 5.74) is 0.857. The second-order valence-electron chi connectivity index (χ2n) is 4.80. The van der Waals surface area contributed by atoms with Crippen LogP contribution in [0.5, 0.6) is 0 Å².